The van der Waals surface area contributed by atoms with Crippen LogP contribution in [0.4, 0.5) is 0 Å². The molecule has 3 N–H and O–H groups in total. The number of aliphatic hydroxyl groups is 2. The summed E-state index contributed by atoms with van der Waals surface area (Å²) in [7, 11) is 1.78. The molecular formula is C9H14ClN3O2. The van der Waals surface area contributed by atoms with Crippen molar-refractivity contribution in [1.82, 2.24) is 15.3 Å². The summed E-state index contributed by atoms with van der Waals surface area (Å²) in [6.45, 7) is 0.632. The fourth-order valence-corrected chi connectivity index (χ4v) is 1.24. The lowest BCUT2D eigenvalue weighted by Gasteiger charge is -2.17. The van der Waals surface area contributed by atoms with Gasteiger partial charge in [0.05, 0.1) is 6.10 Å². The number of rotatable bonds is 5. The van der Waals surface area contributed by atoms with E-state index in [1.165, 1.54) is 12.4 Å². The van der Waals surface area contributed by atoms with Crippen LogP contribution in [-0.2, 0) is 0 Å². The Morgan fingerprint density at radius 3 is 2.53 bits per heavy atom. The lowest BCUT2D eigenvalue weighted by atomic mass is 10.1. The van der Waals surface area contributed by atoms with Crippen molar-refractivity contribution in [1.29, 1.82) is 0 Å². The smallest absolute Gasteiger partial charge is 0.222 e. The number of hydrogen-bond donors (Lipinski definition) is 3. The molecule has 0 aliphatic heterocycles. The fourth-order valence-electron chi connectivity index (χ4n) is 1.15. The Kier molecular flexibility index (Phi) is 4.90. The predicted molar refractivity (Wildman–Crippen MR) is 56.6 cm³/mol. The molecule has 84 valence electrons. The van der Waals surface area contributed by atoms with Gasteiger partial charge in [-0.2, -0.15) is 0 Å². The molecule has 1 aromatic rings. The second-order valence-electron chi connectivity index (χ2n) is 3.19. The summed E-state index contributed by atoms with van der Waals surface area (Å²) in [6.07, 6.45) is 1.46. The number of halogens is 1. The molecular weight excluding hydrogens is 218 g/mol. The van der Waals surface area contributed by atoms with Crippen LogP contribution in [0.15, 0.2) is 12.4 Å². The third-order valence-electron chi connectivity index (χ3n) is 2.04. The van der Waals surface area contributed by atoms with Crippen LogP contribution in [0.1, 0.15) is 18.1 Å². The van der Waals surface area contributed by atoms with E-state index >= 15 is 0 Å². The minimum Gasteiger partial charge on any atom is -0.390 e. The number of nitrogens with one attached hydrogen (secondary N) is 1. The van der Waals surface area contributed by atoms with Gasteiger partial charge in [-0.1, -0.05) is 0 Å². The zero-order chi connectivity index (χ0) is 11.3. The highest BCUT2D eigenvalue weighted by molar-refractivity contribution is 6.28. The Morgan fingerprint density at radius 1 is 1.40 bits per heavy atom. The first-order valence-corrected chi connectivity index (χ1v) is 5.01. The first-order valence-electron chi connectivity index (χ1n) is 4.63. The molecule has 0 aromatic carbocycles. The highest BCUT2D eigenvalue weighted by Crippen LogP contribution is 2.17. The highest BCUT2D eigenvalue weighted by Gasteiger charge is 2.18. The van der Waals surface area contributed by atoms with Gasteiger partial charge in [-0.15, -0.1) is 0 Å². The standard InChI is InChI=1S/C9H14ClN3O2/c1-11-3-2-7(14)8(15)6-4-12-9(10)13-5-6/h4-5,7-8,11,14-15H,2-3H2,1H3. The van der Waals surface area contributed by atoms with E-state index in [0.717, 1.165) is 0 Å². The Hall–Kier alpha value is -0.750. The summed E-state index contributed by atoms with van der Waals surface area (Å²) in [5.74, 6) is 0. The summed E-state index contributed by atoms with van der Waals surface area (Å²) < 4.78 is 0. The topological polar surface area (TPSA) is 78.3 Å². The molecule has 0 saturated heterocycles. The van der Waals surface area contributed by atoms with Gasteiger partial charge in [0, 0.05) is 18.0 Å². The summed E-state index contributed by atoms with van der Waals surface area (Å²) in [5, 5.41) is 22.3. The van der Waals surface area contributed by atoms with Crippen molar-refractivity contribution in [2.75, 3.05) is 13.6 Å². The molecule has 2 atom stereocenters. The zero-order valence-corrected chi connectivity index (χ0v) is 9.15. The average molecular weight is 232 g/mol. The molecule has 1 aromatic heterocycles. The summed E-state index contributed by atoms with van der Waals surface area (Å²) >= 11 is 5.50. The first-order chi connectivity index (χ1) is 7.15. The summed E-state index contributed by atoms with van der Waals surface area (Å²) in [6, 6.07) is 0. The molecule has 1 heterocycles. The first kappa shape index (κ1) is 12.3. The van der Waals surface area contributed by atoms with Crippen molar-refractivity contribution < 1.29 is 10.2 Å². The maximum Gasteiger partial charge on any atom is 0.222 e. The minimum atomic E-state index is -0.976. The van der Waals surface area contributed by atoms with Crippen molar-refractivity contribution >= 4 is 11.6 Å². The molecule has 0 bridgehead atoms. The van der Waals surface area contributed by atoms with E-state index in [-0.39, 0.29) is 5.28 Å². The average Bonchev–Trinajstić information content (AvgIpc) is 2.26. The molecule has 0 aliphatic carbocycles. The molecule has 5 nitrogen and oxygen atoms in total. The predicted octanol–water partition coefficient (Wildman–Crippen LogP) is 0.134. The molecule has 2 unspecified atom stereocenters. The molecule has 0 amide bonds. The summed E-state index contributed by atoms with van der Waals surface area (Å²) in [5.41, 5.74) is 0.461. The van der Waals surface area contributed by atoms with Crippen LogP contribution in [0.3, 0.4) is 0 Å². The third kappa shape index (κ3) is 3.71. The van der Waals surface area contributed by atoms with Gasteiger partial charge in [0.1, 0.15) is 6.10 Å². The molecule has 0 radical (unpaired) electrons. The molecule has 1 rings (SSSR count). The number of aromatic nitrogens is 2. The molecule has 0 spiro atoms. The van der Waals surface area contributed by atoms with Gasteiger partial charge in [0.15, 0.2) is 0 Å². The number of aliphatic hydroxyl groups excluding tert-OH is 2. The lowest BCUT2D eigenvalue weighted by Crippen LogP contribution is -2.23. The second-order valence-corrected chi connectivity index (χ2v) is 3.53. The molecule has 0 fully saturated rings. The van der Waals surface area contributed by atoms with E-state index in [1.54, 1.807) is 7.05 Å². The van der Waals surface area contributed by atoms with Gasteiger partial charge in [0.25, 0.3) is 0 Å². The van der Waals surface area contributed by atoms with E-state index in [4.69, 9.17) is 11.6 Å². The van der Waals surface area contributed by atoms with Crippen LogP contribution in [0, 0.1) is 0 Å². The van der Waals surface area contributed by atoms with Crippen molar-refractivity contribution in [2.24, 2.45) is 0 Å². The van der Waals surface area contributed by atoms with E-state index in [2.05, 4.69) is 15.3 Å². The molecule has 6 heteroatoms. The van der Waals surface area contributed by atoms with Gasteiger partial charge >= 0.3 is 0 Å². The van der Waals surface area contributed by atoms with Gasteiger partial charge in [-0.3, -0.25) is 0 Å². The van der Waals surface area contributed by atoms with Gasteiger partial charge < -0.3 is 15.5 Å². The van der Waals surface area contributed by atoms with Crippen molar-refractivity contribution in [2.45, 2.75) is 18.6 Å². The van der Waals surface area contributed by atoms with Gasteiger partial charge in [0.2, 0.25) is 5.28 Å². The van der Waals surface area contributed by atoms with Crippen LogP contribution in [0.25, 0.3) is 0 Å². The maximum atomic E-state index is 9.71. The van der Waals surface area contributed by atoms with Crippen molar-refractivity contribution in [3.63, 3.8) is 0 Å². The highest BCUT2D eigenvalue weighted by atomic mass is 35.5. The molecule has 15 heavy (non-hydrogen) atoms. The largest absolute Gasteiger partial charge is 0.390 e. The third-order valence-corrected chi connectivity index (χ3v) is 2.23. The zero-order valence-electron chi connectivity index (χ0n) is 8.39. The van der Waals surface area contributed by atoms with Crippen molar-refractivity contribution in [3.05, 3.63) is 23.2 Å². The Balaban J connectivity index is 2.59. The Labute approximate surface area is 93.1 Å². The van der Waals surface area contributed by atoms with Gasteiger partial charge in [-0.05, 0) is 31.6 Å². The van der Waals surface area contributed by atoms with E-state index < -0.39 is 12.2 Å². The van der Waals surface area contributed by atoms with E-state index in [9.17, 15) is 10.2 Å². The van der Waals surface area contributed by atoms with Crippen molar-refractivity contribution in [3.8, 4) is 0 Å². The second kappa shape index (κ2) is 5.97. The monoisotopic (exact) mass is 231 g/mol. The number of nitrogens with zero attached hydrogens (tertiary/aromatic N) is 2. The van der Waals surface area contributed by atoms with Gasteiger partial charge in [-0.25, -0.2) is 9.97 Å². The number of hydrogen-bond acceptors (Lipinski definition) is 5. The Morgan fingerprint density at radius 2 is 2.00 bits per heavy atom. The summed E-state index contributed by atoms with van der Waals surface area (Å²) in [4.78, 5) is 7.46. The maximum absolute atomic E-state index is 9.71. The molecule has 0 saturated carbocycles. The quantitative estimate of drug-likeness (QED) is 0.628. The van der Waals surface area contributed by atoms with Crippen LogP contribution < -0.4 is 5.32 Å². The Bertz CT molecular complexity index is 294. The van der Waals surface area contributed by atoms with Crippen LogP contribution >= 0.6 is 11.6 Å². The fraction of sp³-hybridized carbons (Fsp3) is 0.556. The van der Waals surface area contributed by atoms with Crippen LogP contribution in [0.5, 0.6) is 0 Å². The van der Waals surface area contributed by atoms with E-state index in [1.807, 2.05) is 0 Å². The van der Waals surface area contributed by atoms with Crippen LogP contribution in [-0.4, -0.2) is 39.9 Å². The SMILES string of the molecule is CNCCC(O)C(O)c1cnc(Cl)nc1. The molecule has 0 aliphatic rings. The lowest BCUT2D eigenvalue weighted by molar-refractivity contribution is 0.0136. The van der Waals surface area contributed by atoms with Crippen LogP contribution in [0.2, 0.25) is 5.28 Å². The van der Waals surface area contributed by atoms with E-state index in [0.29, 0.717) is 18.5 Å². The minimum absolute atomic E-state index is 0.121. The normalized spacial score (nSPS) is 14.9.